The van der Waals surface area contributed by atoms with E-state index in [0.29, 0.717) is 56.2 Å². The first kappa shape index (κ1) is 19.3. The minimum Gasteiger partial charge on any atom is -0.494 e. The largest absolute Gasteiger partial charge is 0.494 e. The number of amides is 1. The van der Waals surface area contributed by atoms with Crippen LogP contribution in [0, 0.1) is 0 Å². The van der Waals surface area contributed by atoms with Crippen molar-refractivity contribution in [3.63, 3.8) is 0 Å². The van der Waals surface area contributed by atoms with Crippen LogP contribution in [0.1, 0.15) is 17.3 Å². The van der Waals surface area contributed by atoms with Crippen LogP contribution in [0.3, 0.4) is 0 Å². The van der Waals surface area contributed by atoms with Crippen LogP contribution in [0.5, 0.6) is 5.75 Å². The van der Waals surface area contributed by atoms with Gasteiger partial charge in [-0.15, -0.1) is 0 Å². The molecule has 4 aromatic rings. The van der Waals surface area contributed by atoms with Crippen LogP contribution in [0.15, 0.2) is 65.1 Å². The molecule has 4 rings (SSSR count). The van der Waals surface area contributed by atoms with Gasteiger partial charge in [-0.1, -0.05) is 29.3 Å². The van der Waals surface area contributed by atoms with E-state index in [4.69, 9.17) is 32.4 Å². The SMILES string of the molecule is CCOc1cccc(C(=O)Nc2ccc3oc(-c4cc(Cl)ccc4Cl)nc3c2)c1. The lowest BCUT2D eigenvalue weighted by molar-refractivity contribution is 0.102. The summed E-state index contributed by atoms with van der Waals surface area (Å²) in [5.74, 6) is 0.767. The molecule has 29 heavy (non-hydrogen) atoms. The van der Waals surface area contributed by atoms with Gasteiger partial charge in [-0.3, -0.25) is 4.79 Å². The summed E-state index contributed by atoms with van der Waals surface area (Å²) in [5.41, 5.74) is 2.88. The van der Waals surface area contributed by atoms with Crippen LogP contribution >= 0.6 is 23.2 Å². The third kappa shape index (κ3) is 4.21. The van der Waals surface area contributed by atoms with Crippen molar-refractivity contribution in [2.75, 3.05) is 11.9 Å². The molecule has 1 amide bonds. The fraction of sp³-hybridized carbons (Fsp3) is 0.0909. The average Bonchev–Trinajstić information content (AvgIpc) is 3.13. The highest BCUT2D eigenvalue weighted by Crippen LogP contribution is 2.32. The van der Waals surface area contributed by atoms with E-state index in [-0.39, 0.29) is 5.91 Å². The van der Waals surface area contributed by atoms with E-state index in [0.717, 1.165) is 0 Å². The van der Waals surface area contributed by atoms with E-state index in [9.17, 15) is 4.79 Å². The van der Waals surface area contributed by atoms with Crippen molar-refractivity contribution in [1.82, 2.24) is 4.98 Å². The van der Waals surface area contributed by atoms with Gasteiger partial charge in [0.05, 0.1) is 17.2 Å². The number of nitrogens with one attached hydrogen (secondary N) is 1. The number of carbonyl (C=O) groups excluding carboxylic acids is 1. The van der Waals surface area contributed by atoms with Gasteiger partial charge in [0.15, 0.2) is 5.58 Å². The van der Waals surface area contributed by atoms with Gasteiger partial charge in [-0.25, -0.2) is 4.98 Å². The van der Waals surface area contributed by atoms with E-state index < -0.39 is 0 Å². The van der Waals surface area contributed by atoms with E-state index in [2.05, 4.69) is 10.3 Å². The summed E-state index contributed by atoms with van der Waals surface area (Å²) in [7, 11) is 0. The predicted octanol–water partition coefficient (Wildman–Crippen LogP) is 6.45. The zero-order valence-electron chi connectivity index (χ0n) is 15.4. The fourth-order valence-corrected chi connectivity index (χ4v) is 3.25. The van der Waals surface area contributed by atoms with Crippen molar-refractivity contribution in [2.45, 2.75) is 6.92 Å². The molecule has 1 aromatic heterocycles. The summed E-state index contributed by atoms with van der Waals surface area (Å²) in [6.45, 7) is 2.43. The number of aromatic nitrogens is 1. The second-order valence-corrected chi connectivity index (χ2v) is 7.08. The van der Waals surface area contributed by atoms with Crippen LogP contribution in [0.4, 0.5) is 5.69 Å². The molecule has 0 spiro atoms. The van der Waals surface area contributed by atoms with Crippen molar-refractivity contribution < 1.29 is 13.9 Å². The Balaban J connectivity index is 1.60. The molecule has 0 bridgehead atoms. The van der Waals surface area contributed by atoms with Gasteiger partial charge >= 0.3 is 0 Å². The molecule has 7 heteroatoms. The third-order valence-corrected chi connectivity index (χ3v) is 4.78. The lowest BCUT2D eigenvalue weighted by Crippen LogP contribution is -2.11. The number of hydrogen-bond acceptors (Lipinski definition) is 4. The maximum absolute atomic E-state index is 12.6. The number of benzene rings is 3. The number of carbonyl (C=O) groups is 1. The molecule has 0 unspecified atom stereocenters. The fourth-order valence-electron chi connectivity index (χ4n) is 2.88. The van der Waals surface area contributed by atoms with Crippen molar-refractivity contribution in [1.29, 1.82) is 0 Å². The van der Waals surface area contributed by atoms with Gasteiger partial charge in [-0.2, -0.15) is 0 Å². The topological polar surface area (TPSA) is 64.4 Å². The molecule has 1 N–H and O–H groups in total. The summed E-state index contributed by atoms with van der Waals surface area (Å²) in [6.07, 6.45) is 0. The zero-order chi connectivity index (χ0) is 20.4. The average molecular weight is 427 g/mol. The number of halogens is 2. The highest BCUT2D eigenvalue weighted by molar-refractivity contribution is 6.35. The Morgan fingerprint density at radius 3 is 2.79 bits per heavy atom. The quantitative estimate of drug-likeness (QED) is 0.397. The van der Waals surface area contributed by atoms with Crippen LogP contribution in [-0.4, -0.2) is 17.5 Å². The van der Waals surface area contributed by atoms with E-state index in [1.165, 1.54) is 0 Å². The Hall–Kier alpha value is -3.02. The molecule has 0 aliphatic rings. The van der Waals surface area contributed by atoms with Crippen LogP contribution in [0.25, 0.3) is 22.6 Å². The first-order chi connectivity index (χ1) is 14.0. The normalized spacial score (nSPS) is 10.9. The molecular formula is C22H16Cl2N2O3. The van der Waals surface area contributed by atoms with Crippen molar-refractivity contribution in [2.24, 2.45) is 0 Å². The Bertz CT molecular complexity index is 1200. The summed E-state index contributed by atoms with van der Waals surface area (Å²) >= 11 is 12.3. The molecule has 146 valence electrons. The molecule has 0 atom stereocenters. The van der Waals surface area contributed by atoms with Crippen molar-refractivity contribution >= 4 is 45.9 Å². The van der Waals surface area contributed by atoms with E-state index in [1.54, 1.807) is 54.6 Å². The van der Waals surface area contributed by atoms with Gasteiger partial charge in [0, 0.05) is 16.3 Å². The molecule has 0 aliphatic carbocycles. The van der Waals surface area contributed by atoms with Gasteiger partial charge in [-0.05, 0) is 61.5 Å². The first-order valence-electron chi connectivity index (χ1n) is 8.93. The van der Waals surface area contributed by atoms with Crippen LogP contribution in [-0.2, 0) is 0 Å². The molecule has 0 radical (unpaired) electrons. The zero-order valence-corrected chi connectivity index (χ0v) is 16.9. The third-order valence-electron chi connectivity index (χ3n) is 4.21. The number of ether oxygens (including phenoxy) is 1. The van der Waals surface area contributed by atoms with Crippen molar-refractivity contribution in [3.05, 3.63) is 76.3 Å². The second kappa shape index (κ2) is 8.15. The highest BCUT2D eigenvalue weighted by Gasteiger charge is 2.14. The molecule has 0 saturated carbocycles. The van der Waals surface area contributed by atoms with Gasteiger partial charge in [0.1, 0.15) is 11.3 Å². The molecule has 5 nitrogen and oxygen atoms in total. The Morgan fingerprint density at radius 2 is 1.97 bits per heavy atom. The minimum atomic E-state index is -0.243. The number of anilines is 1. The lowest BCUT2D eigenvalue weighted by atomic mass is 10.2. The Labute approximate surface area is 177 Å². The maximum Gasteiger partial charge on any atom is 0.255 e. The van der Waals surface area contributed by atoms with E-state index in [1.807, 2.05) is 13.0 Å². The molecule has 0 aliphatic heterocycles. The molecule has 1 heterocycles. The monoisotopic (exact) mass is 426 g/mol. The van der Waals surface area contributed by atoms with Crippen LogP contribution < -0.4 is 10.1 Å². The second-order valence-electron chi connectivity index (χ2n) is 6.24. The first-order valence-corrected chi connectivity index (χ1v) is 9.69. The number of rotatable bonds is 5. The summed E-state index contributed by atoms with van der Waals surface area (Å²) in [4.78, 5) is 17.1. The number of oxazole rings is 1. The summed E-state index contributed by atoms with van der Waals surface area (Å²) < 4.78 is 11.2. The molecule has 0 saturated heterocycles. The summed E-state index contributed by atoms with van der Waals surface area (Å²) in [5, 5.41) is 3.89. The van der Waals surface area contributed by atoms with Gasteiger partial charge in [0.25, 0.3) is 5.91 Å². The van der Waals surface area contributed by atoms with E-state index >= 15 is 0 Å². The molecular weight excluding hydrogens is 411 g/mol. The Kier molecular flexibility index (Phi) is 5.43. The van der Waals surface area contributed by atoms with Gasteiger partial charge < -0.3 is 14.5 Å². The van der Waals surface area contributed by atoms with Gasteiger partial charge in [0.2, 0.25) is 5.89 Å². The molecule has 0 fully saturated rings. The number of fused-ring (bicyclic) bond motifs is 1. The number of hydrogen-bond donors (Lipinski definition) is 1. The van der Waals surface area contributed by atoms with Crippen LogP contribution in [0.2, 0.25) is 10.0 Å². The number of nitrogens with zero attached hydrogens (tertiary/aromatic N) is 1. The Morgan fingerprint density at radius 1 is 1.10 bits per heavy atom. The smallest absolute Gasteiger partial charge is 0.255 e. The van der Waals surface area contributed by atoms with Crippen molar-refractivity contribution in [3.8, 4) is 17.2 Å². The lowest BCUT2D eigenvalue weighted by Gasteiger charge is -2.07. The maximum atomic E-state index is 12.6. The predicted molar refractivity (Wildman–Crippen MR) is 115 cm³/mol. The molecule has 3 aromatic carbocycles. The minimum absolute atomic E-state index is 0.243. The highest BCUT2D eigenvalue weighted by atomic mass is 35.5. The summed E-state index contributed by atoms with van der Waals surface area (Å²) in [6, 6.07) is 17.3. The standard InChI is InChI=1S/C22H16Cl2N2O3/c1-2-28-16-5-3-4-13(10-16)21(27)25-15-7-9-20-19(12-15)26-22(29-20)17-11-14(23)6-8-18(17)24/h3-12H,2H2,1H3,(H,25,27).